The molecule has 0 aliphatic carbocycles. The van der Waals surface area contributed by atoms with E-state index in [0.717, 1.165) is 12.1 Å². The van der Waals surface area contributed by atoms with Crippen LogP contribution < -0.4 is 14.8 Å². The molecule has 1 amide bonds. The van der Waals surface area contributed by atoms with Crippen molar-refractivity contribution < 1.29 is 37.3 Å². The highest BCUT2D eigenvalue weighted by molar-refractivity contribution is 6.34. The number of alkyl halides is 3. The highest BCUT2D eigenvalue weighted by atomic mass is 35.5. The fourth-order valence-corrected chi connectivity index (χ4v) is 4.81. The molecule has 0 spiro atoms. The third-order valence-corrected chi connectivity index (χ3v) is 7.03. The third kappa shape index (κ3) is 7.10. The van der Waals surface area contributed by atoms with Crippen molar-refractivity contribution in [1.82, 2.24) is 10.3 Å². The van der Waals surface area contributed by atoms with Gasteiger partial charge >= 0.3 is 12.1 Å². The molecule has 43 heavy (non-hydrogen) atoms. The zero-order valence-corrected chi connectivity index (χ0v) is 23.9. The van der Waals surface area contributed by atoms with E-state index in [1.165, 1.54) is 31.4 Å². The Hall–Kier alpha value is -4.53. The average molecular weight is 632 g/mol. The summed E-state index contributed by atoms with van der Waals surface area (Å²) < 4.78 is 51.9. The number of carboxylic acid groups (broad SMARTS) is 1. The lowest BCUT2D eigenvalue weighted by molar-refractivity contribution is -0.137. The molecule has 1 aromatic heterocycles. The molecule has 2 N–H and O–H groups in total. The highest BCUT2D eigenvalue weighted by Crippen LogP contribution is 2.39. The summed E-state index contributed by atoms with van der Waals surface area (Å²) in [5.41, 5.74) is -0.683. The van der Waals surface area contributed by atoms with Gasteiger partial charge in [0, 0.05) is 40.6 Å². The monoisotopic (exact) mass is 631 g/mol. The predicted octanol–water partition coefficient (Wildman–Crippen LogP) is 7.28. The van der Waals surface area contributed by atoms with Gasteiger partial charge < -0.3 is 19.9 Å². The molecule has 13 heteroatoms. The van der Waals surface area contributed by atoms with Crippen molar-refractivity contribution in [2.45, 2.75) is 25.6 Å². The Balaban J connectivity index is 1.80. The fourth-order valence-electron chi connectivity index (χ4n) is 4.34. The van der Waals surface area contributed by atoms with Crippen LogP contribution in [0.4, 0.5) is 13.2 Å². The van der Waals surface area contributed by atoms with Gasteiger partial charge in [-0.25, -0.2) is 4.98 Å². The van der Waals surface area contributed by atoms with E-state index in [1.807, 2.05) is 6.07 Å². The minimum atomic E-state index is -4.68. The molecule has 0 aliphatic heterocycles. The number of methoxy groups -OCH3 is 1. The minimum Gasteiger partial charge on any atom is -0.496 e. The number of pyridine rings is 1. The van der Waals surface area contributed by atoms with Crippen LogP contribution in [0.2, 0.25) is 10.0 Å². The first-order chi connectivity index (χ1) is 20.4. The van der Waals surface area contributed by atoms with E-state index in [0.29, 0.717) is 16.3 Å². The lowest BCUT2D eigenvalue weighted by Crippen LogP contribution is -2.24. The van der Waals surface area contributed by atoms with Crippen LogP contribution in [0.25, 0.3) is 22.2 Å². The van der Waals surface area contributed by atoms with Crippen LogP contribution in [0.15, 0.2) is 54.6 Å². The van der Waals surface area contributed by atoms with Gasteiger partial charge in [-0.2, -0.15) is 18.4 Å². The number of rotatable bonds is 10. The first-order valence-corrected chi connectivity index (χ1v) is 13.4. The molecule has 4 aromatic rings. The summed E-state index contributed by atoms with van der Waals surface area (Å²) in [5.74, 6) is -1.22. The molecule has 1 heterocycles. The number of nitrogens with zero attached hydrogens (tertiary/aromatic N) is 2. The lowest BCUT2D eigenvalue weighted by Gasteiger charge is -2.17. The molecule has 0 fully saturated rings. The summed E-state index contributed by atoms with van der Waals surface area (Å²) in [4.78, 5) is 28.7. The van der Waals surface area contributed by atoms with Crippen molar-refractivity contribution in [3.63, 3.8) is 0 Å². The number of nitrogens with one attached hydrogen (secondary N) is 1. The van der Waals surface area contributed by atoms with E-state index in [9.17, 15) is 28.0 Å². The van der Waals surface area contributed by atoms with Crippen LogP contribution in [0.5, 0.6) is 11.5 Å². The Bertz CT molecular complexity index is 1760. The summed E-state index contributed by atoms with van der Waals surface area (Å²) >= 11 is 12.8. The standard InChI is InChI=1S/C30H22Cl2F3N3O5/c1-42-25-8-3-6-22(31)20(25)15-37-29(41)19-12-18(23(32)13-26(19)43-10-4-9-27(39)40)28-16(14-36)11-17-21(30(33,34)35)5-2-7-24(17)38-28/h2-3,5-8,11-13H,4,9-10,15H2,1H3,(H,37,41)(H,39,40). The largest absolute Gasteiger partial charge is 0.496 e. The molecule has 3 aromatic carbocycles. The van der Waals surface area contributed by atoms with Gasteiger partial charge in [-0.3, -0.25) is 9.59 Å². The summed E-state index contributed by atoms with van der Waals surface area (Å²) in [6.07, 6.45) is -4.71. The number of carbonyl (C=O) groups is 2. The number of carbonyl (C=O) groups excluding carboxylic acids is 1. The van der Waals surface area contributed by atoms with E-state index in [4.69, 9.17) is 37.8 Å². The molecular formula is C30H22Cl2F3N3O5. The Kier molecular flexibility index (Phi) is 9.63. The Morgan fingerprint density at radius 1 is 1.07 bits per heavy atom. The van der Waals surface area contributed by atoms with E-state index < -0.39 is 23.6 Å². The molecule has 0 bridgehead atoms. The molecule has 4 rings (SSSR count). The van der Waals surface area contributed by atoms with Crippen molar-refractivity contribution in [2.24, 2.45) is 0 Å². The first-order valence-electron chi connectivity index (χ1n) is 12.6. The zero-order chi connectivity index (χ0) is 31.3. The normalized spacial score (nSPS) is 11.2. The van der Waals surface area contributed by atoms with Crippen LogP contribution in [0, 0.1) is 11.3 Å². The van der Waals surface area contributed by atoms with Gasteiger partial charge in [-0.15, -0.1) is 0 Å². The van der Waals surface area contributed by atoms with Crippen molar-refractivity contribution >= 4 is 46.0 Å². The number of carboxylic acids is 1. The first kappa shape index (κ1) is 31.4. The maximum atomic E-state index is 13.6. The highest BCUT2D eigenvalue weighted by Gasteiger charge is 2.33. The number of hydrogen-bond acceptors (Lipinski definition) is 6. The Labute approximate surface area is 253 Å². The van der Waals surface area contributed by atoms with Crippen LogP contribution >= 0.6 is 23.2 Å². The number of fused-ring (bicyclic) bond motifs is 1. The molecule has 0 atom stereocenters. The summed E-state index contributed by atoms with van der Waals surface area (Å²) in [6.45, 7) is -0.103. The SMILES string of the molecule is COc1cccc(Cl)c1CNC(=O)c1cc(-c2nc3cccc(C(F)(F)F)c3cc2C#N)c(Cl)cc1OCCCC(=O)O. The number of hydrogen-bond donors (Lipinski definition) is 2. The van der Waals surface area contributed by atoms with E-state index >= 15 is 0 Å². The van der Waals surface area contributed by atoms with Crippen molar-refractivity contribution in [2.75, 3.05) is 13.7 Å². The molecular weight excluding hydrogens is 610 g/mol. The van der Waals surface area contributed by atoms with E-state index in [1.54, 1.807) is 18.2 Å². The second-order valence-electron chi connectivity index (χ2n) is 9.14. The van der Waals surface area contributed by atoms with Crippen LogP contribution in [-0.4, -0.2) is 35.7 Å². The molecule has 8 nitrogen and oxygen atoms in total. The summed E-state index contributed by atoms with van der Waals surface area (Å²) in [6, 6.07) is 14.0. The number of ether oxygens (including phenoxy) is 2. The number of benzene rings is 3. The van der Waals surface area contributed by atoms with E-state index in [-0.39, 0.29) is 70.1 Å². The molecule has 222 valence electrons. The van der Waals surface area contributed by atoms with Crippen molar-refractivity contribution in [1.29, 1.82) is 5.26 Å². The number of amides is 1. The van der Waals surface area contributed by atoms with Gasteiger partial charge in [0.2, 0.25) is 0 Å². The quantitative estimate of drug-likeness (QED) is 0.176. The number of halogens is 5. The summed E-state index contributed by atoms with van der Waals surface area (Å²) in [5, 5.41) is 21.6. The molecule has 0 unspecified atom stereocenters. The minimum absolute atomic E-state index is 0.00659. The molecule has 0 saturated carbocycles. The zero-order valence-electron chi connectivity index (χ0n) is 22.4. The molecule has 0 saturated heterocycles. The second-order valence-corrected chi connectivity index (χ2v) is 9.96. The number of aliphatic carboxylic acids is 1. The number of aromatic nitrogens is 1. The summed E-state index contributed by atoms with van der Waals surface area (Å²) in [7, 11) is 1.45. The van der Waals surface area contributed by atoms with Gasteiger partial charge in [0.05, 0.1) is 46.6 Å². The Morgan fingerprint density at radius 3 is 2.49 bits per heavy atom. The van der Waals surface area contributed by atoms with Crippen LogP contribution in [0.3, 0.4) is 0 Å². The second kappa shape index (κ2) is 13.2. The fraction of sp³-hybridized carbons (Fsp3) is 0.200. The maximum Gasteiger partial charge on any atom is 0.417 e. The van der Waals surface area contributed by atoms with Crippen LogP contribution in [0.1, 0.15) is 39.9 Å². The van der Waals surface area contributed by atoms with Gasteiger partial charge in [0.25, 0.3) is 5.91 Å². The van der Waals surface area contributed by atoms with Crippen LogP contribution in [-0.2, 0) is 17.5 Å². The third-order valence-electron chi connectivity index (χ3n) is 6.37. The van der Waals surface area contributed by atoms with Gasteiger partial charge in [-0.1, -0.05) is 35.3 Å². The Morgan fingerprint density at radius 2 is 1.81 bits per heavy atom. The van der Waals surface area contributed by atoms with Gasteiger partial charge in [0.1, 0.15) is 17.6 Å². The smallest absolute Gasteiger partial charge is 0.417 e. The lowest BCUT2D eigenvalue weighted by atomic mass is 9.99. The average Bonchev–Trinajstić information content (AvgIpc) is 2.96. The predicted molar refractivity (Wildman–Crippen MR) is 153 cm³/mol. The molecule has 0 aliphatic rings. The van der Waals surface area contributed by atoms with E-state index in [2.05, 4.69) is 10.3 Å². The van der Waals surface area contributed by atoms with Crippen molar-refractivity contribution in [3.8, 4) is 28.8 Å². The topological polar surface area (TPSA) is 122 Å². The van der Waals surface area contributed by atoms with Gasteiger partial charge in [-0.05, 0) is 42.8 Å². The maximum absolute atomic E-state index is 13.6. The van der Waals surface area contributed by atoms with Crippen molar-refractivity contribution in [3.05, 3.63) is 86.9 Å². The van der Waals surface area contributed by atoms with Gasteiger partial charge in [0.15, 0.2) is 0 Å². The molecule has 0 radical (unpaired) electrons. The number of nitriles is 1.